The maximum Gasteiger partial charge on any atom is 0.224 e. The van der Waals surface area contributed by atoms with Crippen molar-refractivity contribution >= 4 is 5.91 Å². The van der Waals surface area contributed by atoms with Crippen molar-refractivity contribution in [1.29, 1.82) is 0 Å². The number of hydrogen-bond acceptors (Lipinski definition) is 3. The summed E-state index contributed by atoms with van der Waals surface area (Å²) in [4.78, 5) is 13.9. The predicted octanol–water partition coefficient (Wildman–Crippen LogP) is 1.34. The standard InChI is InChI=1S/C14H24N4O/c1-6-18-11(19)7-10(15)12(18)9-8-17(5)16-13(9)14(2,3)4/h8,10,12H,6-7,15H2,1-5H3. The van der Waals surface area contributed by atoms with Crippen LogP contribution < -0.4 is 5.73 Å². The van der Waals surface area contributed by atoms with Crippen molar-refractivity contribution in [3.63, 3.8) is 0 Å². The van der Waals surface area contributed by atoms with E-state index in [-0.39, 0.29) is 23.4 Å². The molecule has 0 aromatic carbocycles. The van der Waals surface area contributed by atoms with Crippen LogP contribution in [0.4, 0.5) is 0 Å². The highest BCUT2D eigenvalue weighted by Crippen LogP contribution is 2.37. The Hall–Kier alpha value is -1.36. The van der Waals surface area contributed by atoms with Crippen molar-refractivity contribution in [2.45, 2.75) is 51.6 Å². The smallest absolute Gasteiger partial charge is 0.224 e. The lowest BCUT2D eigenvalue weighted by Crippen LogP contribution is -2.34. The first-order valence-electron chi connectivity index (χ1n) is 6.84. The van der Waals surface area contributed by atoms with E-state index in [1.807, 2.05) is 29.7 Å². The van der Waals surface area contributed by atoms with E-state index in [0.717, 1.165) is 11.3 Å². The molecule has 2 rings (SSSR count). The van der Waals surface area contributed by atoms with Gasteiger partial charge in [-0.3, -0.25) is 9.48 Å². The molecule has 0 radical (unpaired) electrons. The Kier molecular flexibility index (Phi) is 3.43. The minimum Gasteiger partial charge on any atom is -0.334 e. The fraction of sp³-hybridized carbons (Fsp3) is 0.714. The third kappa shape index (κ3) is 2.39. The van der Waals surface area contributed by atoms with E-state index in [4.69, 9.17) is 5.73 Å². The summed E-state index contributed by atoms with van der Waals surface area (Å²) in [6, 6.07) is -0.182. The van der Waals surface area contributed by atoms with Crippen molar-refractivity contribution in [3.8, 4) is 0 Å². The van der Waals surface area contributed by atoms with Crippen LogP contribution in [0.5, 0.6) is 0 Å². The van der Waals surface area contributed by atoms with Crippen LogP contribution >= 0.6 is 0 Å². The van der Waals surface area contributed by atoms with Gasteiger partial charge in [-0.05, 0) is 6.92 Å². The Balaban J connectivity index is 2.49. The van der Waals surface area contributed by atoms with E-state index in [1.165, 1.54) is 0 Å². The van der Waals surface area contributed by atoms with Crippen LogP contribution in [-0.2, 0) is 17.3 Å². The van der Waals surface area contributed by atoms with E-state index in [0.29, 0.717) is 13.0 Å². The molecule has 106 valence electrons. The molecule has 2 atom stereocenters. The summed E-state index contributed by atoms with van der Waals surface area (Å²) in [6.07, 6.45) is 2.43. The maximum atomic E-state index is 12.0. The van der Waals surface area contributed by atoms with Crippen LogP contribution in [0.3, 0.4) is 0 Å². The molecule has 1 aromatic heterocycles. The Morgan fingerprint density at radius 2 is 2.11 bits per heavy atom. The van der Waals surface area contributed by atoms with Crippen molar-refractivity contribution < 1.29 is 4.79 Å². The third-order valence-electron chi connectivity index (χ3n) is 3.70. The lowest BCUT2D eigenvalue weighted by molar-refractivity contribution is -0.128. The molecule has 1 saturated heterocycles. The van der Waals surface area contributed by atoms with Gasteiger partial charge in [0, 0.05) is 43.2 Å². The number of hydrogen-bond donors (Lipinski definition) is 1. The average Bonchev–Trinajstić information content (AvgIpc) is 2.77. The number of rotatable bonds is 2. The van der Waals surface area contributed by atoms with Crippen LogP contribution in [0.1, 0.15) is 51.4 Å². The molecular formula is C14H24N4O. The highest BCUT2D eigenvalue weighted by molar-refractivity contribution is 5.80. The Morgan fingerprint density at radius 1 is 1.47 bits per heavy atom. The lowest BCUT2D eigenvalue weighted by Gasteiger charge is -2.28. The fourth-order valence-electron chi connectivity index (χ4n) is 2.89. The van der Waals surface area contributed by atoms with Gasteiger partial charge in [0.05, 0.1) is 11.7 Å². The molecule has 2 unspecified atom stereocenters. The van der Waals surface area contributed by atoms with E-state index in [2.05, 4.69) is 25.9 Å². The molecule has 5 nitrogen and oxygen atoms in total. The number of amides is 1. The Morgan fingerprint density at radius 3 is 2.63 bits per heavy atom. The molecule has 0 spiro atoms. The Labute approximate surface area is 114 Å². The van der Waals surface area contributed by atoms with Gasteiger partial charge in [-0.25, -0.2) is 0 Å². The van der Waals surface area contributed by atoms with Crippen LogP contribution in [0.15, 0.2) is 6.20 Å². The normalized spacial score (nSPS) is 24.3. The van der Waals surface area contributed by atoms with Gasteiger partial charge in [0.2, 0.25) is 5.91 Å². The number of nitrogens with two attached hydrogens (primary N) is 1. The number of likely N-dealkylation sites (N-methyl/N-ethyl adjacent to an activating group) is 1. The molecule has 1 aliphatic heterocycles. The molecule has 1 amide bonds. The number of carbonyl (C=O) groups excluding carboxylic acids is 1. The van der Waals surface area contributed by atoms with Gasteiger partial charge in [0.25, 0.3) is 0 Å². The molecule has 0 bridgehead atoms. The first-order valence-corrected chi connectivity index (χ1v) is 6.84. The second-order valence-electron chi connectivity index (χ2n) is 6.35. The second kappa shape index (κ2) is 4.63. The van der Waals surface area contributed by atoms with Crippen molar-refractivity contribution in [2.75, 3.05) is 6.54 Å². The summed E-state index contributed by atoms with van der Waals surface area (Å²) in [6.45, 7) is 9.10. The van der Waals surface area contributed by atoms with E-state index < -0.39 is 0 Å². The molecule has 2 N–H and O–H groups in total. The van der Waals surface area contributed by atoms with Crippen LogP contribution in [0.25, 0.3) is 0 Å². The molecule has 0 saturated carbocycles. The van der Waals surface area contributed by atoms with Crippen LogP contribution in [-0.4, -0.2) is 33.2 Å². The number of likely N-dealkylation sites (tertiary alicyclic amines) is 1. The first kappa shape index (κ1) is 14.1. The summed E-state index contributed by atoms with van der Waals surface area (Å²) in [5.41, 5.74) is 8.26. The molecule has 2 heterocycles. The third-order valence-corrected chi connectivity index (χ3v) is 3.70. The fourth-order valence-corrected chi connectivity index (χ4v) is 2.89. The van der Waals surface area contributed by atoms with Gasteiger partial charge >= 0.3 is 0 Å². The van der Waals surface area contributed by atoms with Crippen LogP contribution in [0, 0.1) is 0 Å². The molecule has 1 aromatic rings. The molecule has 1 fully saturated rings. The minimum atomic E-state index is -0.141. The van der Waals surface area contributed by atoms with Gasteiger partial charge < -0.3 is 10.6 Å². The lowest BCUT2D eigenvalue weighted by atomic mass is 9.86. The monoisotopic (exact) mass is 264 g/mol. The van der Waals surface area contributed by atoms with Crippen molar-refractivity contribution in [2.24, 2.45) is 12.8 Å². The van der Waals surface area contributed by atoms with Crippen molar-refractivity contribution in [1.82, 2.24) is 14.7 Å². The number of aryl methyl sites for hydroxylation is 1. The van der Waals surface area contributed by atoms with Crippen LogP contribution in [0.2, 0.25) is 0 Å². The average molecular weight is 264 g/mol. The number of carbonyl (C=O) groups is 1. The molecular weight excluding hydrogens is 240 g/mol. The second-order valence-corrected chi connectivity index (χ2v) is 6.35. The topological polar surface area (TPSA) is 64.2 Å². The first-order chi connectivity index (χ1) is 8.75. The van der Waals surface area contributed by atoms with Gasteiger partial charge in [-0.1, -0.05) is 20.8 Å². The van der Waals surface area contributed by atoms with Gasteiger partial charge in [-0.2, -0.15) is 5.10 Å². The summed E-state index contributed by atoms with van der Waals surface area (Å²) < 4.78 is 1.82. The molecule has 0 aliphatic carbocycles. The van der Waals surface area contributed by atoms with Crippen molar-refractivity contribution in [3.05, 3.63) is 17.5 Å². The number of aromatic nitrogens is 2. The minimum absolute atomic E-state index is 0.0413. The summed E-state index contributed by atoms with van der Waals surface area (Å²) in [5, 5.41) is 4.58. The largest absolute Gasteiger partial charge is 0.334 e. The molecule has 19 heavy (non-hydrogen) atoms. The maximum absolute atomic E-state index is 12.0. The van der Waals surface area contributed by atoms with E-state index >= 15 is 0 Å². The zero-order chi connectivity index (χ0) is 14.4. The highest BCUT2D eigenvalue weighted by Gasteiger charge is 2.41. The molecule has 5 heteroatoms. The molecule has 1 aliphatic rings. The van der Waals surface area contributed by atoms with Gasteiger partial charge in [0.1, 0.15) is 0 Å². The number of nitrogens with zero attached hydrogens (tertiary/aromatic N) is 3. The van der Waals surface area contributed by atoms with Gasteiger partial charge in [0.15, 0.2) is 0 Å². The Bertz CT molecular complexity index is 486. The zero-order valence-corrected chi connectivity index (χ0v) is 12.5. The summed E-state index contributed by atoms with van der Waals surface area (Å²) >= 11 is 0. The van der Waals surface area contributed by atoms with Gasteiger partial charge in [-0.15, -0.1) is 0 Å². The highest BCUT2D eigenvalue weighted by atomic mass is 16.2. The van der Waals surface area contributed by atoms with E-state index in [9.17, 15) is 4.79 Å². The predicted molar refractivity (Wildman–Crippen MR) is 74.6 cm³/mol. The zero-order valence-electron chi connectivity index (χ0n) is 12.5. The quantitative estimate of drug-likeness (QED) is 0.876. The summed E-state index contributed by atoms with van der Waals surface area (Å²) in [5.74, 6) is 0.142. The SMILES string of the molecule is CCN1C(=O)CC(N)C1c1cn(C)nc1C(C)(C)C. The van der Waals surface area contributed by atoms with E-state index in [1.54, 1.807) is 0 Å². The summed E-state index contributed by atoms with van der Waals surface area (Å²) in [7, 11) is 1.91.